The Morgan fingerprint density at radius 3 is 2.71 bits per heavy atom. The van der Waals surface area contributed by atoms with E-state index in [1.165, 1.54) is 11.8 Å². The zero-order valence-electron chi connectivity index (χ0n) is 9.23. The second kappa shape index (κ2) is 6.08. The lowest BCUT2D eigenvalue weighted by molar-refractivity contribution is 0.0506. The van der Waals surface area contributed by atoms with Gasteiger partial charge in [0.1, 0.15) is 9.77 Å². The van der Waals surface area contributed by atoms with Crippen molar-refractivity contribution in [3.63, 3.8) is 0 Å². The van der Waals surface area contributed by atoms with Crippen molar-refractivity contribution in [1.82, 2.24) is 0 Å². The van der Waals surface area contributed by atoms with E-state index in [0.29, 0.717) is 11.3 Å². The molecule has 1 aromatic heterocycles. The van der Waals surface area contributed by atoms with Gasteiger partial charge in [-0.25, -0.2) is 13.2 Å². The minimum Gasteiger partial charge on any atom is -0.461 e. The number of carbonyl (C=O) groups is 1. The molecule has 0 aliphatic heterocycles. The fraction of sp³-hybridized carbons (Fsp3) is 0.444. The molecule has 0 saturated carbocycles. The van der Waals surface area contributed by atoms with Crippen LogP contribution in [0.3, 0.4) is 0 Å². The summed E-state index contributed by atoms with van der Waals surface area (Å²) in [5.41, 5.74) is 0. The Labute approximate surface area is 113 Å². The van der Waals surface area contributed by atoms with Crippen molar-refractivity contribution >= 4 is 48.8 Å². The predicted octanol–water partition coefficient (Wildman–Crippen LogP) is 2.96. The summed E-state index contributed by atoms with van der Waals surface area (Å²) in [6, 6.07) is 0. The Morgan fingerprint density at radius 2 is 2.24 bits per heavy atom. The number of carbonyl (C=O) groups excluding carboxylic acids is 1. The lowest BCUT2D eigenvalue weighted by atomic mass is 10.4. The maximum atomic E-state index is 11.7. The monoisotopic (exact) mass is 314 g/mol. The number of ether oxygens (including phenoxy) is 1. The fourth-order valence-corrected chi connectivity index (χ4v) is 5.19. The van der Waals surface area contributed by atoms with Gasteiger partial charge in [-0.15, -0.1) is 23.1 Å². The van der Waals surface area contributed by atoms with Crippen LogP contribution in [0.5, 0.6) is 0 Å². The molecule has 4 nitrogen and oxygen atoms in total. The van der Waals surface area contributed by atoms with E-state index in [4.69, 9.17) is 15.4 Å². The number of hydrogen-bond acceptors (Lipinski definition) is 6. The fourth-order valence-electron chi connectivity index (χ4n) is 1.10. The molecule has 0 unspecified atom stereocenters. The van der Waals surface area contributed by atoms with Gasteiger partial charge in [-0.3, -0.25) is 0 Å². The van der Waals surface area contributed by atoms with Crippen LogP contribution in [0.15, 0.2) is 15.2 Å². The van der Waals surface area contributed by atoms with Crippen molar-refractivity contribution in [2.45, 2.75) is 23.1 Å². The first-order valence-electron chi connectivity index (χ1n) is 4.69. The van der Waals surface area contributed by atoms with Crippen molar-refractivity contribution in [3.8, 4) is 0 Å². The maximum Gasteiger partial charge on any atom is 0.349 e. The van der Waals surface area contributed by atoms with E-state index >= 15 is 0 Å². The minimum absolute atomic E-state index is 0.0396. The molecule has 0 aliphatic carbocycles. The molecule has 1 rings (SSSR count). The van der Waals surface area contributed by atoms with E-state index in [1.54, 1.807) is 11.6 Å². The van der Waals surface area contributed by atoms with Crippen LogP contribution in [0.25, 0.3) is 0 Å². The number of halogens is 1. The number of hydrogen-bond donors (Lipinski definition) is 0. The van der Waals surface area contributed by atoms with Gasteiger partial charge < -0.3 is 4.74 Å². The SMILES string of the molecule is CCCOC(=O)c1scc(SC)c1S(=O)(=O)Cl. The highest BCUT2D eigenvalue weighted by atomic mass is 35.7. The highest BCUT2D eigenvalue weighted by molar-refractivity contribution is 8.14. The van der Waals surface area contributed by atoms with Gasteiger partial charge in [-0.2, -0.15) is 0 Å². The average molecular weight is 315 g/mol. The zero-order chi connectivity index (χ0) is 13.1. The zero-order valence-corrected chi connectivity index (χ0v) is 12.4. The van der Waals surface area contributed by atoms with Crippen LogP contribution in [0, 0.1) is 0 Å². The first-order chi connectivity index (χ1) is 7.91. The Morgan fingerprint density at radius 1 is 1.59 bits per heavy atom. The molecule has 8 heteroatoms. The van der Waals surface area contributed by atoms with Gasteiger partial charge in [0, 0.05) is 21.0 Å². The summed E-state index contributed by atoms with van der Waals surface area (Å²) < 4.78 is 27.8. The Balaban J connectivity index is 3.17. The van der Waals surface area contributed by atoms with E-state index in [9.17, 15) is 13.2 Å². The van der Waals surface area contributed by atoms with Crippen LogP contribution >= 0.6 is 33.8 Å². The normalized spacial score (nSPS) is 11.5. The molecule has 0 N–H and O–H groups in total. The summed E-state index contributed by atoms with van der Waals surface area (Å²) in [5, 5.41) is 1.59. The molecule has 0 radical (unpaired) electrons. The standard InChI is InChI=1S/C9H11ClO4S3/c1-3-4-14-9(11)7-8(17(10,12)13)6(15-2)5-16-7/h5H,3-4H2,1-2H3. The molecule has 0 amide bonds. The average Bonchev–Trinajstić information content (AvgIpc) is 2.69. The molecule has 0 bridgehead atoms. The summed E-state index contributed by atoms with van der Waals surface area (Å²) in [6.07, 6.45) is 2.39. The van der Waals surface area contributed by atoms with Crippen LogP contribution in [-0.4, -0.2) is 27.2 Å². The molecular weight excluding hydrogens is 304 g/mol. The number of esters is 1. The van der Waals surface area contributed by atoms with Crippen LogP contribution in [0.4, 0.5) is 0 Å². The summed E-state index contributed by atoms with van der Waals surface area (Å²) in [5.74, 6) is -0.642. The molecule has 0 spiro atoms. The van der Waals surface area contributed by atoms with E-state index in [1.807, 2.05) is 6.92 Å². The summed E-state index contributed by atoms with van der Waals surface area (Å²) in [6.45, 7) is 2.11. The Bertz CT molecular complexity index is 506. The topological polar surface area (TPSA) is 60.4 Å². The lowest BCUT2D eigenvalue weighted by Gasteiger charge is -2.03. The van der Waals surface area contributed by atoms with Crippen LogP contribution in [0.2, 0.25) is 0 Å². The minimum atomic E-state index is -3.94. The molecule has 1 heterocycles. The molecule has 0 atom stereocenters. The summed E-state index contributed by atoms with van der Waals surface area (Å²) in [7, 11) is 1.38. The first kappa shape index (κ1) is 14.8. The molecule has 0 fully saturated rings. The Hall–Kier alpha value is -0.240. The molecule has 17 heavy (non-hydrogen) atoms. The third kappa shape index (κ3) is 3.61. The van der Waals surface area contributed by atoms with Gasteiger partial charge in [0.25, 0.3) is 9.05 Å². The van der Waals surface area contributed by atoms with E-state index < -0.39 is 15.0 Å². The largest absolute Gasteiger partial charge is 0.461 e. The van der Waals surface area contributed by atoms with E-state index in [-0.39, 0.29) is 16.4 Å². The van der Waals surface area contributed by atoms with Crippen molar-refractivity contribution in [2.75, 3.05) is 12.9 Å². The molecular formula is C9H11ClO4S3. The van der Waals surface area contributed by atoms with E-state index in [0.717, 1.165) is 11.3 Å². The third-order valence-electron chi connectivity index (χ3n) is 1.80. The second-order valence-corrected chi connectivity index (χ2v) is 7.27. The molecule has 0 aliphatic rings. The van der Waals surface area contributed by atoms with Gasteiger partial charge >= 0.3 is 5.97 Å². The maximum absolute atomic E-state index is 11.7. The third-order valence-corrected chi connectivity index (χ3v) is 5.30. The van der Waals surface area contributed by atoms with Crippen LogP contribution in [-0.2, 0) is 13.8 Å². The highest BCUT2D eigenvalue weighted by Gasteiger charge is 2.27. The molecule has 0 aromatic carbocycles. The lowest BCUT2D eigenvalue weighted by Crippen LogP contribution is -2.07. The van der Waals surface area contributed by atoms with Gasteiger partial charge in [0.2, 0.25) is 0 Å². The predicted molar refractivity (Wildman–Crippen MR) is 69.7 cm³/mol. The molecule has 0 saturated heterocycles. The van der Waals surface area contributed by atoms with Gasteiger partial charge in [0.15, 0.2) is 0 Å². The van der Waals surface area contributed by atoms with Crippen molar-refractivity contribution < 1.29 is 17.9 Å². The smallest absolute Gasteiger partial charge is 0.349 e. The number of thiophene rings is 1. The quantitative estimate of drug-likeness (QED) is 0.475. The summed E-state index contributed by atoms with van der Waals surface area (Å²) in [4.78, 5) is 12.0. The van der Waals surface area contributed by atoms with Crippen LogP contribution in [0.1, 0.15) is 23.0 Å². The van der Waals surface area contributed by atoms with Gasteiger partial charge in [-0.1, -0.05) is 6.92 Å². The number of thioether (sulfide) groups is 1. The summed E-state index contributed by atoms with van der Waals surface area (Å²) >= 11 is 2.25. The van der Waals surface area contributed by atoms with Crippen LogP contribution < -0.4 is 0 Å². The highest BCUT2D eigenvalue weighted by Crippen LogP contribution is 2.35. The van der Waals surface area contributed by atoms with Crippen molar-refractivity contribution in [2.24, 2.45) is 0 Å². The number of rotatable bonds is 5. The molecule has 96 valence electrons. The second-order valence-electron chi connectivity index (χ2n) is 3.04. The molecule has 1 aromatic rings. The van der Waals surface area contributed by atoms with Gasteiger partial charge in [-0.05, 0) is 12.7 Å². The van der Waals surface area contributed by atoms with Gasteiger partial charge in [0.05, 0.1) is 6.61 Å². The van der Waals surface area contributed by atoms with Crippen molar-refractivity contribution in [1.29, 1.82) is 0 Å². The Kier molecular flexibility index (Phi) is 5.30. The van der Waals surface area contributed by atoms with Crippen molar-refractivity contribution in [3.05, 3.63) is 10.3 Å². The van der Waals surface area contributed by atoms with E-state index in [2.05, 4.69) is 0 Å². The first-order valence-corrected chi connectivity index (χ1v) is 9.10.